The molecule has 0 spiro atoms. The highest BCUT2D eigenvalue weighted by atomic mass is 32.1. The van der Waals surface area contributed by atoms with Crippen molar-refractivity contribution in [3.63, 3.8) is 0 Å². The number of anilines is 1. The Morgan fingerprint density at radius 3 is 2.83 bits per heavy atom. The smallest absolute Gasteiger partial charge is 0.272 e. The van der Waals surface area contributed by atoms with E-state index >= 15 is 0 Å². The Balaban J connectivity index is 1.66. The van der Waals surface area contributed by atoms with Crippen LogP contribution >= 0.6 is 11.3 Å². The summed E-state index contributed by atoms with van der Waals surface area (Å²) in [5, 5.41) is 3.61. The average Bonchev–Trinajstić information content (AvgIpc) is 3.10. The van der Waals surface area contributed by atoms with Gasteiger partial charge in [0.15, 0.2) is 0 Å². The van der Waals surface area contributed by atoms with Crippen LogP contribution in [0, 0.1) is 6.92 Å². The number of fused-ring (bicyclic) bond motifs is 3. The van der Waals surface area contributed by atoms with Gasteiger partial charge in [0, 0.05) is 17.6 Å². The molecular formula is C20H18N4O4S. The van der Waals surface area contributed by atoms with E-state index in [1.165, 1.54) is 23.0 Å². The van der Waals surface area contributed by atoms with Gasteiger partial charge in [-0.15, -0.1) is 11.3 Å². The minimum atomic E-state index is -0.362. The Hall–Kier alpha value is -3.46. The third-order valence-electron chi connectivity index (χ3n) is 4.53. The average molecular weight is 410 g/mol. The highest BCUT2D eigenvalue weighted by Crippen LogP contribution is 2.30. The summed E-state index contributed by atoms with van der Waals surface area (Å²) in [6.07, 6.45) is 1.68. The number of methoxy groups -OCH3 is 2. The van der Waals surface area contributed by atoms with Gasteiger partial charge in [0.1, 0.15) is 33.4 Å². The summed E-state index contributed by atoms with van der Waals surface area (Å²) in [6, 6.07) is 8.77. The van der Waals surface area contributed by atoms with E-state index in [0.29, 0.717) is 33.2 Å². The number of hydrogen-bond donors (Lipinski definition) is 1. The second kappa shape index (κ2) is 7.51. The summed E-state index contributed by atoms with van der Waals surface area (Å²) >= 11 is 1.28. The van der Waals surface area contributed by atoms with Crippen LogP contribution in [0.15, 0.2) is 41.3 Å². The molecule has 0 saturated heterocycles. The molecule has 9 heteroatoms. The maximum absolute atomic E-state index is 13.0. The fraction of sp³-hybridized carbons (Fsp3) is 0.200. The van der Waals surface area contributed by atoms with E-state index in [-0.39, 0.29) is 18.0 Å². The van der Waals surface area contributed by atoms with E-state index in [1.54, 1.807) is 38.4 Å². The molecule has 0 fully saturated rings. The molecule has 148 valence electrons. The number of hydrogen-bond acceptors (Lipinski definition) is 7. The Morgan fingerprint density at radius 1 is 1.24 bits per heavy atom. The van der Waals surface area contributed by atoms with E-state index in [9.17, 15) is 9.59 Å². The first-order valence-corrected chi connectivity index (χ1v) is 9.60. The van der Waals surface area contributed by atoms with Crippen LogP contribution in [0.25, 0.3) is 20.4 Å². The highest BCUT2D eigenvalue weighted by Gasteiger charge is 2.17. The number of aryl methyl sites for hydroxylation is 1. The van der Waals surface area contributed by atoms with Gasteiger partial charge in [0.2, 0.25) is 5.91 Å². The van der Waals surface area contributed by atoms with Crippen LogP contribution in [0.5, 0.6) is 11.5 Å². The standard InChI is InChI=1S/C20H18N4O4S/c1-11-22-17-13-5-4-8-21-19(13)29-18(17)20(26)24(11)10-16(25)23-14-7-6-12(27-2)9-15(14)28-3/h4-9H,10H2,1-3H3,(H,23,25). The maximum atomic E-state index is 13.0. The Kier molecular flexibility index (Phi) is 4.89. The largest absolute Gasteiger partial charge is 0.497 e. The number of ether oxygens (including phenoxy) is 2. The summed E-state index contributed by atoms with van der Waals surface area (Å²) in [6.45, 7) is 1.55. The van der Waals surface area contributed by atoms with Crippen LogP contribution in [0.3, 0.4) is 0 Å². The molecule has 1 aromatic carbocycles. The molecular weight excluding hydrogens is 392 g/mol. The van der Waals surface area contributed by atoms with Crippen molar-refractivity contribution < 1.29 is 14.3 Å². The predicted octanol–water partition coefficient (Wildman–Crippen LogP) is 2.97. The van der Waals surface area contributed by atoms with Crippen molar-refractivity contribution in [2.45, 2.75) is 13.5 Å². The van der Waals surface area contributed by atoms with Crippen molar-refractivity contribution in [1.82, 2.24) is 14.5 Å². The number of amides is 1. The lowest BCUT2D eigenvalue weighted by atomic mass is 10.2. The normalized spacial score (nSPS) is 11.0. The van der Waals surface area contributed by atoms with Crippen LogP contribution in [-0.2, 0) is 11.3 Å². The van der Waals surface area contributed by atoms with Gasteiger partial charge < -0.3 is 14.8 Å². The SMILES string of the molecule is COc1ccc(NC(=O)Cn2c(C)nc3c(sc4ncccc43)c2=O)c(OC)c1. The summed E-state index contributed by atoms with van der Waals surface area (Å²) in [4.78, 5) is 35.2. The number of nitrogens with zero attached hydrogens (tertiary/aromatic N) is 3. The lowest BCUT2D eigenvalue weighted by molar-refractivity contribution is -0.116. The summed E-state index contributed by atoms with van der Waals surface area (Å²) in [7, 11) is 3.06. The van der Waals surface area contributed by atoms with Crippen molar-refractivity contribution in [2.24, 2.45) is 0 Å². The fourth-order valence-corrected chi connectivity index (χ4v) is 4.12. The monoisotopic (exact) mass is 410 g/mol. The van der Waals surface area contributed by atoms with Gasteiger partial charge in [-0.25, -0.2) is 9.97 Å². The van der Waals surface area contributed by atoms with Crippen LogP contribution in [0.2, 0.25) is 0 Å². The molecule has 0 saturated carbocycles. The van der Waals surface area contributed by atoms with Crippen molar-refractivity contribution in [3.8, 4) is 11.5 Å². The topological polar surface area (TPSA) is 95.3 Å². The highest BCUT2D eigenvalue weighted by molar-refractivity contribution is 7.25. The molecule has 0 bridgehead atoms. The molecule has 0 aliphatic heterocycles. The van der Waals surface area contributed by atoms with E-state index in [1.807, 2.05) is 12.1 Å². The first-order valence-electron chi connectivity index (χ1n) is 8.78. The summed E-state index contributed by atoms with van der Waals surface area (Å²) in [5.41, 5.74) is 0.852. The lowest BCUT2D eigenvalue weighted by Gasteiger charge is -2.13. The molecule has 3 heterocycles. The molecule has 0 aliphatic carbocycles. The lowest BCUT2D eigenvalue weighted by Crippen LogP contribution is -2.29. The molecule has 8 nitrogen and oxygen atoms in total. The zero-order valence-electron chi connectivity index (χ0n) is 16.1. The molecule has 4 aromatic rings. The van der Waals surface area contributed by atoms with Gasteiger partial charge in [0.05, 0.1) is 25.4 Å². The second-order valence-corrected chi connectivity index (χ2v) is 7.30. The molecule has 4 rings (SSSR count). The van der Waals surface area contributed by atoms with E-state index in [2.05, 4.69) is 15.3 Å². The first kappa shape index (κ1) is 18.9. The number of benzene rings is 1. The number of aromatic nitrogens is 3. The third-order valence-corrected chi connectivity index (χ3v) is 5.62. The second-order valence-electron chi connectivity index (χ2n) is 6.30. The van der Waals surface area contributed by atoms with Crippen molar-refractivity contribution in [3.05, 3.63) is 52.7 Å². The number of carbonyl (C=O) groups excluding carboxylic acids is 1. The van der Waals surface area contributed by atoms with Crippen molar-refractivity contribution >= 4 is 43.4 Å². The molecule has 29 heavy (non-hydrogen) atoms. The number of carbonyl (C=O) groups is 1. The quantitative estimate of drug-likeness (QED) is 0.544. The zero-order chi connectivity index (χ0) is 20.5. The van der Waals surface area contributed by atoms with Crippen LogP contribution in [0.1, 0.15) is 5.82 Å². The molecule has 1 N–H and O–H groups in total. The van der Waals surface area contributed by atoms with Crippen LogP contribution in [-0.4, -0.2) is 34.7 Å². The molecule has 0 atom stereocenters. The maximum Gasteiger partial charge on any atom is 0.272 e. The molecule has 0 radical (unpaired) electrons. The van der Waals surface area contributed by atoms with Crippen molar-refractivity contribution in [2.75, 3.05) is 19.5 Å². The number of pyridine rings is 1. The van der Waals surface area contributed by atoms with Crippen LogP contribution < -0.4 is 20.3 Å². The minimum absolute atomic E-state index is 0.162. The van der Waals surface area contributed by atoms with Gasteiger partial charge in [-0.2, -0.15) is 0 Å². The number of nitrogens with one attached hydrogen (secondary N) is 1. The minimum Gasteiger partial charge on any atom is -0.497 e. The van der Waals surface area contributed by atoms with Crippen molar-refractivity contribution in [1.29, 1.82) is 0 Å². The van der Waals surface area contributed by atoms with Gasteiger partial charge in [0.25, 0.3) is 5.56 Å². The van der Waals surface area contributed by atoms with Gasteiger partial charge in [-0.3, -0.25) is 14.2 Å². The number of thiophene rings is 1. The van der Waals surface area contributed by atoms with E-state index < -0.39 is 0 Å². The van der Waals surface area contributed by atoms with Gasteiger partial charge in [-0.1, -0.05) is 0 Å². The fourth-order valence-electron chi connectivity index (χ4n) is 3.09. The molecule has 0 aliphatic rings. The van der Waals surface area contributed by atoms with Gasteiger partial charge in [-0.05, 0) is 31.2 Å². The van der Waals surface area contributed by atoms with E-state index in [4.69, 9.17) is 9.47 Å². The van der Waals surface area contributed by atoms with Gasteiger partial charge >= 0.3 is 0 Å². The Labute approximate surface area is 169 Å². The third kappa shape index (κ3) is 3.40. The predicted molar refractivity (Wildman–Crippen MR) is 112 cm³/mol. The summed E-state index contributed by atoms with van der Waals surface area (Å²) in [5.74, 6) is 1.17. The molecule has 0 unspecified atom stereocenters. The number of rotatable bonds is 5. The Morgan fingerprint density at radius 2 is 2.07 bits per heavy atom. The van der Waals surface area contributed by atoms with Crippen LogP contribution in [0.4, 0.5) is 5.69 Å². The molecule has 1 amide bonds. The molecule has 3 aromatic heterocycles. The zero-order valence-corrected chi connectivity index (χ0v) is 16.9. The summed E-state index contributed by atoms with van der Waals surface area (Å²) < 4.78 is 12.3. The van der Waals surface area contributed by atoms with E-state index in [0.717, 1.165) is 10.2 Å². The Bertz CT molecular complexity index is 1300. The first-order chi connectivity index (χ1) is 14.0.